The molecular formula is C21H19N3O. The van der Waals surface area contributed by atoms with Crippen LogP contribution in [0.5, 0.6) is 0 Å². The van der Waals surface area contributed by atoms with Crippen molar-refractivity contribution < 1.29 is 5.11 Å². The Balaban J connectivity index is 1.98. The number of imidazole rings is 1. The van der Waals surface area contributed by atoms with Crippen LogP contribution in [-0.4, -0.2) is 20.3 Å². The molecule has 0 spiro atoms. The lowest BCUT2D eigenvalue weighted by molar-refractivity contribution is 0.0827. The van der Waals surface area contributed by atoms with Crippen molar-refractivity contribution in [3.8, 4) is 6.07 Å². The summed E-state index contributed by atoms with van der Waals surface area (Å²) in [6.45, 7) is 4.37. The van der Waals surface area contributed by atoms with E-state index in [9.17, 15) is 10.4 Å². The topological polar surface area (TPSA) is 61.8 Å². The van der Waals surface area contributed by atoms with Crippen molar-refractivity contribution in [1.82, 2.24) is 9.55 Å². The van der Waals surface area contributed by atoms with E-state index in [0.717, 1.165) is 11.1 Å². The zero-order chi connectivity index (χ0) is 17.7. The molecule has 0 saturated heterocycles. The molecule has 0 bridgehead atoms. The van der Waals surface area contributed by atoms with Crippen molar-refractivity contribution in [2.45, 2.75) is 18.6 Å². The Morgan fingerprint density at radius 1 is 1.12 bits per heavy atom. The van der Waals surface area contributed by atoms with Gasteiger partial charge < -0.3 is 9.67 Å². The minimum Gasteiger partial charge on any atom is -0.383 e. The number of nitrogens with zero attached hydrogens (tertiary/aromatic N) is 3. The second kappa shape index (κ2) is 7.16. The first-order valence-electron chi connectivity index (χ1n) is 8.04. The molecule has 0 fully saturated rings. The van der Waals surface area contributed by atoms with Crippen LogP contribution in [0.2, 0.25) is 0 Å². The molecule has 0 aliphatic heterocycles. The van der Waals surface area contributed by atoms with Crippen LogP contribution >= 0.6 is 0 Å². The zero-order valence-electron chi connectivity index (χ0n) is 13.8. The van der Waals surface area contributed by atoms with Crippen LogP contribution in [0.25, 0.3) is 5.57 Å². The summed E-state index contributed by atoms with van der Waals surface area (Å²) >= 11 is 0. The second-order valence-corrected chi connectivity index (χ2v) is 6.06. The van der Waals surface area contributed by atoms with Gasteiger partial charge in [-0.15, -0.1) is 0 Å². The molecule has 0 amide bonds. The average molecular weight is 329 g/mol. The molecule has 0 aliphatic carbocycles. The van der Waals surface area contributed by atoms with Gasteiger partial charge in [-0.2, -0.15) is 5.26 Å². The molecule has 0 aliphatic rings. The molecule has 2 aromatic carbocycles. The van der Waals surface area contributed by atoms with Crippen LogP contribution in [0.4, 0.5) is 0 Å². The van der Waals surface area contributed by atoms with Crippen LogP contribution in [0.15, 0.2) is 79.8 Å². The fourth-order valence-electron chi connectivity index (χ4n) is 2.92. The van der Waals surface area contributed by atoms with Gasteiger partial charge in [-0.25, -0.2) is 4.98 Å². The Morgan fingerprint density at radius 3 is 2.40 bits per heavy atom. The Labute approximate surface area is 147 Å². The van der Waals surface area contributed by atoms with Crippen molar-refractivity contribution in [2.75, 3.05) is 0 Å². The second-order valence-electron chi connectivity index (χ2n) is 6.06. The Morgan fingerprint density at radius 2 is 1.76 bits per heavy atom. The van der Waals surface area contributed by atoms with E-state index in [4.69, 9.17) is 0 Å². The number of benzene rings is 2. The van der Waals surface area contributed by atoms with Crippen molar-refractivity contribution in [3.63, 3.8) is 0 Å². The molecule has 25 heavy (non-hydrogen) atoms. The van der Waals surface area contributed by atoms with E-state index < -0.39 is 5.60 Å². The van der Waals surface area contributed by atoms with Crippen molar-refractivity contribution in [2.24, 2.45) is 0 Å². The molecule has 0 saturated carbocycles. The summed E-state index contributed by atoms with van der Waals surface area (Å²) in [6, 6.07) is 21.5. The van der Waals surface area contributed by atoms with Crippen LogP contribution < -0.4 is 0 Å². The van der Waals surface area contributed by atoms with Crippen molar-refractivity contribution >= 4 is 5.57 Å². The maximum atomic E-state index is 11.5. The first-order valence-corrected chi connectivity index (χ1v) is 8.04. The highest BCUT2D eigenvalue weighted by molar-refractivity contribution is 5.70. The summed E-state index contributed by atoms with van der Waals surface area (Å²) in [7, 11) is 0. The van der Waals surface area contributed by atoms with Gasteiger partial charge in [-0.1, -0.05) is 67.2 Å². The summed E-state index contributed by atoms with van der Waals surface area (Å²) in [5, 5.41) is 20.8. The highest BCUT2D eigenvalue weighted by atomic mass is 16.3. The summed E-state index contributed by atoms with van der Waals surface area (Å²) in [4.78, 5) is 4.02. The molecule has 124 valence electrons. The van der Waals surface area contributed by atoms with Gasteiger partial charge in [0, 0.05) is 6.42 Å². The Hall–Kier alpha value is -3.16. The smallest absolute Gasteiger partial charge is 0.140 e. The van der Waals surface area contributed by atoms with Gasteiger partial charge >= 0.3 is 0 Å². The molecule has 1 heterocycles. The third kappa shape index (κ3) is 3.68. The van der Waals surface area contributed by atoms with Crippen LogP contribution in [0.3, 0.4) is 0 Å². The number of aromatic nitrogens is 2. The summed E-state index contributed by atoms with van der Waals surface area (Å²) in [5.74, 6) is 0. The summed E-state index contributed by atoms with van der Waals surface area (Å²) in [6.07, 6.45) is 3.45. The predicted molar refractivity (Wildman–Crippen MR) is 97.5 cm³/mol. The molecule has 1 N–H and O–H groups in total. The first kappa shape index (κ1) is 16.7. The van der Waals surface area contributed by atoms with Gasteiger partial charge in [0.2, 0.25) is 0 Å². The molecule has 4 heteroatoms. The van der Waals surface area contributed by atoms with E-state index in [2.05, 4.69) is 17.6 Å². The van der Waals surface area contributed by atoms with Gasteiger partial charge in [-0.05, 0) is 16.7 Å². The molecule has 1 aromatic heterocycles. The number of hydrogen-bond donors (Lipinski definition) is 1. The Kier molecular flexibility index (Phi) is 4.78. The zero-order valence-corrected chi connectivity index (χ0v) is 13.8. The standard InChI is InChI=1S/C21H19N3O/c1-17(19-10-6-3-7-11-19)21(25,12-18-8-4-2-5-9-18)15-24-16-23-14-20(24)13-22/h2-11,14,16,25H,1,12,15H2. The molecule has 1 atom stereocenters. The predicted octanol–water partition coefficient (Wildman–Crippen LogP) is 3.44. The molecular weight excluding hydrogens is 310 g/mol. The average Bonchev–Trinajstić information content (AvgIpc) is 3.09. The highest BCUT2D eigenvalue weighted by Crippen LogP contribution is 2.31. The molecule has 3 rings (SSSR count). The first-order chi connectivity index (χ1) is 12.1. The van der Waals surface area contributed by atoms with Crippen LogP contribution in [0.1, 0.15) is 16.8 Å². The number of rotatable bonds is 6. The third-order valence-electron chi connectivity index (χ3n) is 4.28. The van der Waals surface area contributed by atoms with E-state index in [1.165, 1.54) is 6.20 Å². The molecule has 3 aromatic rings. The minimum atomic E-state index is -1.24. The molecule has 4 nitrogen and oxygen atoms in total. The highest BCUT2D eigenvalue weighted by Gasteiger charge is 2.33. The fraction of sp³-hybridized carbons (Fsp3) is 0.143. The largest absolute Gasteiger partial charge is 0.383 e. The van der Waals surface area contributed by atoms with Gasteiger partial charge in [0.15, 0.2) is 0 Å². The number of nitriles is 1. The Bertz CT molecular complexity index is 894. The number of aliphatic hydroxyl groups is 1. The quantitative estimate of drug-likeness (QED) is 0.753. The van der Waals surface area contributed by atoms with Crippen LogP contribution in [-0.2, 0) is 13.0 Å². The van der Waals surface area contributed by atoms with Gasteiger partial charge in [-0.3, -0.25) is 0 Å². The fourth-order valence-corrected chi connectivity index (χ4v) is 2.92. The third-order valence-corrected chi connectivity index (χ3v) is 4.28. The van der Waals surface area contributed by atoms with Crippen molar-refractivity contribution in [1.29, 1.82) is 5.26 Å². The lowest BCUT2D eigenvalue weighted by Crippen LogP contribution is -2.38. The summed E-state index contributed by atoms with van der Waals surface area (Å²) in [5.41, 5.74) is 1.66. The SMILES string of the molecule is C=C(c1ccccc1)C(O)(Cc1ccccc1)Cn1cncc1C#N. The van der Waals surface area contributed by atoms with E-state index in [0.29, 0.717) is 17.7 Å². The monoisotopic (exact) mass is 329 g/mol. The lowest BCUT2D eigenvalue weighted by atomic mass is 9.83. The number of hydrogen-bond acceptors (Lipinski definition) is 3. The summed E-state index contributed by atoms with van der Waals surface area (Å²) < 4.78 is 1.66. The van der Waals surface area contributed by atoms with Gasteiger partial charge in [0.05, 0.1) is 19.1 Å². The van der Waals surface area contributed by atoms with E-state index in [1.54, 1.807) is 10.9 Å². The van der Waals surface area contributed by atoms with Gasteiger partial charge in [0.25, 0.3) is 0 Å². The minimum absolute atomic E-state index is 0.207. The molecule has 0 radical (unpaired) electrons. The van der Waals surface area contributed by atoms with E-state index in [-0.39, 0.29) is 6.54 Å². The van der Waals surface area contributed by atoms with E-state index >= 15 is 0 Å². The molecule has 1 unspecified atom stereocenters. The van der Waals surface area contributed by atoms with Crippen LogP contribution in [0, 0.1) is 11.3 Å². The van der Waals surface area contributed by atoms with E-state index in [1.807, 2.05) is 60.7 Å². The lowest BCUT2D eigenvalue weighted by Gasteiger charge is -2.31. The van der Waals surface area contributed by atoms with Gasteiger partial charge in [0.1, 0.15) is 17.4 Å². The van der Waals surface area contributed by atoms with Crippen molar-refractivity contribution in [3.05, 3.63) is 96.6 Å². The maximum absolute atomic E-state index is 11.5. The normalized spacial score (nSPS) is 13.0. The maximum Gasteiger partial charge on any atom is 0.140 e.